The Labute approximate surface area is 134 Å². The lowest BCUT2D eigenvalue weighted by Crippen LogP contribution is -2.42. The van der Waals surface area contributed by atoms with Gasteiger partial charge in [-0.05, 0) is 37.0 Å². The molecule has 1 aliphatic heterocycles. The van der Waals surface area contributed by atoms with Crippen LogP contribution in [0.5, 0.6) is 0 Å². The molecule has 1 aromatic rings. The van der Waals surface area contributed by atoms with Gasteiger partial charge in [-0.1, -0.05) is 17.7 Å². The van der Waals surface area contributed by atoms with Gasteiger partial charge in [0.2, 0.25) is 0 Å². The molecule has 4 nitrogen and oxygen atoms in total. The summed E-state index contributed by atoms with van der Waals surface area (Å²) in [5, 5.41) is 12.5. The third-order valence-electron chi connectivity index (χ3n) is 4.77. The quantitative estimate of drug-likeness (QED) is 0.893. The lowest BCUT2D eigenvalue weighted by atomic mass is 9.96. The van der Waals surface area contributed by atoms with Gasteiger partial charge in [0, 0.05) is 42.6 Å². The van der Waals surface area contributed by atoms with Crippen molar-refractivity contribution >= 4 is 17.6 Å². The summed E-state index contributed by atoms with van der Waals surface area (Å²) in [6.45, 7) is 1.92. The molecule has 1 aliphatic carbocycles. The zero-order valence-electron chi connectivity index (χ0n) is 12.3. The predicted molar refractivity (Wildman–Crippen MR) is 82.5 cm³/mol. The summed E-state index contributed by atoms with van der Waals surface area (Å²) < 4.78 is 13.2. The van der Waals surface area contributed by atoms with E-state index in [1.807, 2.05) is 0 Å². The van der Waals surface area contributed by atoms with Crippen molar-refractivity contribution in [2.24, 2.45) is 5.92 Å². The van der Waals surface area contributed by atoms with Crippen LogP contribution in [-0.4, -0.2) is 42.3 Å². The molecular formula is C16H20ClFN2O2. The Morgan fingerprint density at radius 2 is 2.27 bits per heavy atom. The molecule has 1 atom stereocenters. The largest absolute Gasteiger partial charge is 0.396 e. The Balaban J connectivity index is 1.60. The summed E-state index contributed by atoms with van der Waals surface area (Å²) in [6.07, 6.45) is 2.73. The highest BCUT2D eigenvalue weighted by Gasteiger charge is 2.46. The Morgan fingerprint density at radius 3 is 2.86 bits per heavy atom. The van der Waals surface area contributed by atoms with Gasteiger partial charge < -0.3 is 15.3 Å². The van der Waals surface area contributed by atoms with Gasteiger partial charge in [0.25, 0.3) is 0 Å². The highest BCUT2D eigenvalue weighted by molar-refractivity contribution is 6.31. The number of hydrogen-bond acceptors (Lipinski definition) is 2. The van der Waals surface area contributed by atoms with Gasteiger partial charge in [-0.3, -0.25) is 0 Å². The number of carbonyl (C=O) groups excluding carboxylic acids is 1. The number of carbonyl (C=O) groups is 1. The number of nitrogens with zero attached hydrogens (tertiary/aromatic N) is 1. The monoisotopic (exact) mass is 326 g/mol. The first-order valence-electron chi connectivity index (χ1n) is 7.63. The number of amides is 2. The van der Waals surface area contributed by atoms with Crippen LogP contribution in [0, 0.1) is 11.7 Å². The molecule has 120 valence electrons. The van der Waals surface area contributed by atoms with E-state index in [9.17, 15) is 9.18 Å². The molecule has 1 heterocycles. The Hall–Kier alpha value is -1.33. The van der Waals surface area contributed by atoms with E-state index in [0.717, 1.165) is 24.8 Å². The van der Waals surface area contributed by atoms with Crippen molar-refractivity contribution in [2.45, 2.75) is 24.7 Å². The average Bonchev–Trinajstić information content (AvgIpc) is 3.11. The van der Waals surface area contributed by atoms with E-state index < -0.39 is 0 Å². The predicted octanol–water partition coefficient (Wildman–Crippen LogP) is 2.53. The summed E-state index contributed by atoms with van der Waals surface area (Å²) in [7, 11) is 0. The van der Waals surface area contributed by atoms with Crippen molar-refractivity contribution in [3.8, 4) is 0 Å². The SMILES string of the molecule is O=C(NCC1(c2ccc(F)cc2Cl)CC1)N1CCC(CO)C1. The van der Waals surface area contributed by atoms with Crippen LogP contribution < -0.4 is 5.32 Å². The first kappa shape index (κ1) is 15.6. The topological polar surface area (TPSA) is 52.6 Å². The van der Waals surface area contributed by atoms with Crippen molar-refractivity contribution in [3.63, 3.8) is 0 Å². The van der Waals surface area contributed by atoms with E-state index in [1.54, 1.807) is 11.0 Å². The molecule has 2 amide bonds. The van der Waals surface area contributed by atoms with E-state index in [2.05, 4.69) is 5.32 Å². The zero-order chi connectivity index (χ0) is 15.7. The number of hydrogen-bond donors (Lipinski definition) is 2. The summed E-state index contributed by atoms with van der Waals surface area (Å²) in [4.78, 5) is 13.9. The van der Waals surface area contributed by atoms with E-state index in [4.69, 9.17) is 16.7 Å². The molecule has 1 unspecified atom stereocenters. The minimum absolute atomic E-state index is 0.0968. The normalized spacial score (nSPS) is 22.7. The zero-order valence-corrected chi connectivity index (χ0v) is 13.1. The number of aliphatic hydroxyl groups is 1. The lowest BCUT2D eigenvalue weighted by Gasteiger charge is -2.22. The summed E-state index contributed by atoms with van der Waals surface area (Å²) in [5.74, 6) is -0.159. The molecule has 1 aromatic carbocycles. The molecule has 3 rings (SSSR count). The third-order valence-corrected chi connectivity index (χ3v) is 5.08. The molecule has 2 fully saturated rings. The second-order valence-corrected chi connectivity index (χ2v) is 6.75. The average molecular weight is 327 g/mol. The van der Waals surface area contributed by atoms with Gasteiger partial charge in [0.05, 0.1) is 0 Å². The van der Waals surface area contributed by atoms with Crippen molar-refractivity contribution in [1.82, 2.24) is 10.2 Å². The molecule has 6 heteroatoms. The van der Waals surface area contributed by atoms with E-state index in [0.29, 0.717) is 24.7 Å². The molecule has 22 heavy (non-hydrogen) atoms. The standard InChI is InChI=1S/C16H20ClFN2O2/c17-14-7-12(18)1-2-13(14)16(4-5-16)10-19-15(22)20-6-3-11(8-20)9-21/h1-2,7,11,21H,3-6,8-10H2,(H,19,22). The van der Waals surface area contributed by atoms with Crippen LogP contribution in [0.1, 0.15) is 24.8 Å². The van der Waals surface area contributed by atoms with Crippen LogP contribution in [-0.2, 0) is 5.41 Å². The van der Waals surface area contributed by atoms with Gasteiger partial charge >= 0.3 is 6.03 Å². The second kappa shape index (κ2) is 6.05. The van der Waals surface area contributed by atoms with Crippen LogP contribution in [0.4, 0.5) is 9.18 Å². The molecule has 1 saturated heterocycles. The van der Waals surface area contributed by atoms with E-state index in [-0.39, 0.29) is 29.8 Å². The number of halogens is 2. The third kappa shape index (κ3) is 3.06. The molecule has 1 saturated carbocycles. The number of aliphatic hydroxyl groups excluding tert-OH is 1. The first-order valence-corrected chi connectivity index (χ1v) is 8.01. The fourth-order valence-corrected chi connectivity index (χ4v) is 3.50. The highest BCUT2D eigenvalue weighted by atomic mass is 35.5. The molecule has 2 N–H and O–H groups in total. The summed E-state index contributed by atoms with van der Waals surface area (Å²) in [5.41, 5.74) is 0.752. The molecule has 0 radical (unpaired) electrons. The van der Waals surface area contributed by atoms with Crippen LogP contribution in [0.3, 0.4) is 0 Å². The molecule has 0 spiro atoms. The van der Waals surface area contributed by atoms with Crippen molar-refractivity contribution < 1.29 is 14.3 Å². The van der Waals surface area contributed by atoms with Gasteiger partial charge in [-0.25, -0.2) is 9.18 Å². The second-order valence-electron chi connectivity index (χ2n) is 6.35. The van der Waals surface area contributed by atoms with Gasteiger partial charge in [-0.2, -0.15) is 0 Å². The Kier molecular flexibility index (Phi) is 4.28. The number of benzene rings is 1. The number of urea groups is 1. The summed E-state index contributed by atoms with van der Waals surface area (Å²) >= 11 is 6.14. The first-order chi connectivity index (χ1) is 10.5. The van der Waals surface area contributed by atoms with Gasteiger partial charge in [-0.15, -0.1) is 0 Å². The fraction of sp³-hybridized carbons (Fsp3) is 0.562. The molecule has 0 aromatic heterocycles. The maximum absolute atomic E-state index is 13.2. The minimum Gasteiger partial charge on any atom is -0.396 e. The van der Waals surface area contributed by atoms with E-state index in [1.165, 1.54) is 12.1 Å². The molecule has 0 bridgehead atoms. The van der Waals surface area contributed by atoms with Crippen molar-refractivity contribution in [1.29, 1.82) is 0 Å². The van der Waals surface area contributed by atoms with Crippen LogP contribution in [0.25, 0.3) is 0 Å². The van der Waals surface area contributed by atoms with Crippen molar-refractivity contribution in [3.05, 3.63) is 34.6 Å². The van der Waals surface area contributed by atoms with Crippen LogP contribution in [0.2, 0.25) is 5.02 Å². The maximum atomic E-state index is 13.2. The number of likely N-dealkylation sites (tertiary alicyclic amines) is 1. The highest BCUT2D eigenvalue weighted by Crippen LogP contribution is 2.50. The minimum atomic E-state index is -0.347. The number of nitrogens with one attached hydrogen (secondary N) is 1. The van der Waals surface area contributed by atoms with Crippen molar-refractivity contribution in [2.75, 3.05) is 26.2 Å². The number of rotatable bonds is 4. The molecular weight excluding hydrogens is 307 g/mol. The van der Waals surface area contributed by atoms with Crippen LogP contribution >= 0.6 is 11.6 Å². The van der Waals surface area contributed by atoms with Crippen LogP contribution in [0.15, 0.2) is 18.2 Å². The molecule has 2 aliphatic rings. The summed E-state index contributed by atoms with van der Waals surface area (Å²) in [6, 6.07) is 4.36. The van der Waals surface area contributed by atoms with E-state index >= 15 is 0 Å². The fourth-order valence-electron chi connectivity index (χ4n) is 3.13. The Morgan fingerprint density at radius 1 is 1.50 bits per heavy atom. The Bertz CT molecular complexity index is 577. The smallest absolute Gasteiger partial charge is 0.317 e. The van der Waals surface area contributed by atoms with Gasteiger partial charge in [0.15, 0.2) is 0 Å². The maximum Gasteiger partial charge on any atom is 0.317 e. The van der Waals surface area contributed by atoms with Gasteiger partial charge in [0.1, 0.15) is 5.82 Å². The lowest BCUT2D eigenvalue weighted by molar-refractivity contribution is 0.197.